The first-order chi connectivity index (χ1) is 9.99. The van der Waals surface area contributed by atoms with Crippen molar-refractivity contribution in [1.29, 1.82) is 0 Å². The van der Waals surface area contributed by atoms with E-state index in [0.29, 0.717) is 12.5 Å². The van der Waals surface area contributed by atoms with Crippen LogP contribution in [0.4, 0.5) is 0 Å². The third kappa shape index (κ3) is 3.72. The summed E-state index contributed by atoms with van der Waals surface area (Å²) in [6.45, 7) is 6.29. The summed E-state index contributed by atoms with van der Waals surface area (Å²) < 4.78 is 0. The molecule has 2 amide bonds. The third-order valence-corrected chi connectivity index (χ3v) is 3.56. The summed E-state index contributed by atoms with van der Waals surface area (Å²) in [4.78, 5) is 25.6. The second-order valence-corrected chi connectivity index (χ2v) is 5.79. The third-order valence-electron chi connectivity index (χ3n) is 3.56. The lowest BCUT2D eigenvalue weighted by atomic mass is 9.93. The smallest absolute Gasteiger partial charge is 0.223 e. The van der Waals surface area contributed by atoms with Crippen molar-refractivity contribution in [2.45, 2.75) is 33.2 Å². The lowest BCUT2D eigenvalue weighted by molar-refractivity contribution is -0.130. The van der Waals surface area contributed by atoms with E-state index in [2.05, 4.69) is 19.2 Å². The molecule has 0 saturated carbocycles. The van der Waals surface area contributed by atoms with Crippen LogP contribution in [0.5, 0.6) is 0 Å². The van der Waals surface area contributed by atoms with E-state index in [9.17, 15) is 9.59 Å². The number of rotatable bonds is 4. The molecule has 0 aromatic heterocycles. The number of hydrogen-bond donors (Lipinski definition) is 1. The first-order valence-electron chi connectivity index (χ1n) is 7.31. The highest BCUT2D eigenvalue weighted by Gasteiger charge is 2.27. The average molecular weight is 286 g/mol. The molecule has 0 fully saturated rings. The fourth-order valence-corrected chi connectivity index (χ4v) is 2.48. The van der Waals surface area contributed by atoms with E-state index in [0.717, 1.165) is 11.1 Å². The quantitative estimate of drug-likeness (QED) is 0.925. The van der Waals surface area contributed by atoms with Gasteiger partial charge in [-0.2, -0.15) is 0 Å². The van der Waals surface area contributed by atoms with Crippen LogP contribution in [0.1, 0.15) is 44.4 Å². The van der Waals surface area contributed by atoms with Crippen LogP contribution in [-0.2, 0) is 9.59 Å². The highest BCUT2D eigenvalue weighted by atomic mass is 16.2. The summed E-state index contributed by atoms with van der Waals surface area (Å²) in [5.74, 6) is 0.337. The maximum atomic E-state index is 12.1. The van der Waals surface area contributed by atoms with Crippen molar-refractivity contribution in [3.05, 3.63) is 41.6 Å². The largest absolute Gasteiger partial charge is 0.356 e. The van der Waals surface area contributed by atoms with E-state index in [1.165, 1.54) is 6.92 Å². The van der Waals surface area contributed by atoms with Gasteiger partial charge in [-0.25, -0.2) is 0 Å². The Balaban J connectivity index is 2.18. The molecule has 0 saturated heterocycles. The molecule has 1 aliphatic heterocycles. The van der Waals surface area contributed by atoms with Crippen LogP contribution in [-0.4, -0.2) is 23.3 Å². The van der Waals surface area contributed by atoms with Crippen LogP contribution in [0.25, 0.3) is 6.08 Å². The monoisotopic (exact) mass is 286 g/mol. The van der Waals surface area contributed by atoms with Crippen LogP contribution in [0.2, 0.25) is 0 Å². The van der Waals surface area contributed by atoms with Gasteiger partial charge in [-0.15, -0.1) is 0 Å². The van der Waals surface area contributed by atoms with Crippen molar-refractivity contribution < 1.29 is 9.59 Å². The molecule has 1 aromatic carbocycles. The molecule has 1 aliphatic rings. The van der Waals surface area contributed by atoms with E-state index in [4.69, 9.17) is 0 Å². The van der Waals surface area contributed by atoms with Crippen LogP contribution >= 0.6 is 0 Å². The Morgan fingerprint density at radius 1 is 1.29 bits per heavy atom. The molecule has 0 radical (unpaired) electrons. The summed E-state index contributed by atoms with van der Waals surface area (Å²) in [5.41, 5.74) is 2.09. The Morgan fingerprint density at radius 2 is 2.00 bits per heavy atom. The molecule has 21 heavy (non-hydrogen) atoms. The zero-order valence-corrected chi connectivity index (χ0v) is 12.8. The average Bonchev–Trinajstić information content (AvgIpc) is 2.45. The Morgan fingerprint density at radius 3 is 2.67 bits per heavy atom. The van der Waals surface area contributed by atoms with Gasteiger partial charge in [-0.3, -0.25) is 9.59 Å². The van der Waals surface area contributed by atoms with Crippen LogP contribution in [0.3, 0.4) is 0 Å². The number of amides is 2. The second-order valence-electron chi connectivity index (χ2n) is 5.79. The Hall–Kier alpha value is -2.10. The summed E-state index contributed by atoms with van der Waals surface area (Å²) in [6.07, 6.45) is 3.97. The maximum absolute atomic E-state index is 12.1. The highest BCUT2D eigenvalue weighted by molar-refractivity contribution is 5.81. The van der Waals surface area contributed by atoms with Crippen LogP contribution in [0, 0.1) is 5.92 Å². The molecule has 4 nitrogen and oxygen atoms in total. The first-order valence-corrected chi connectivity index (χ1v) is 7.31. The number of carbonyl (C=O) groups is 2. The summed E-state index contributed by atoms with van der Waals surface area (Å²) in [7, 11) is 0. The molecule has 0 spiro atoms. The van der Waals surface area contributed by atoms with Gasteiger partial charge in [0.15, 0.2) is 0 Å². The molecule has 112 valence electrons. The summed E-state index contributed by atoms with van der Waals surface area (Å²) >= 11 is 0. The molecule has 0 bridgehead atoms. The Bertz CT molecular complexity index is 564. The molecule has 4 heteroatoms. The molecule has 1 atom stereocenters. The molecule has 2 rings (SSSR count). The standard InChI is InChI=1S/C17H22N2O2/c1-12(2)11-18-17(21)10-16-15-7-5-4-6-14(15)8-9-19(16)13(3)20/h4-9,12,16H,10-11H2,1-3H3,(H,18,21)/t16-/m1/s1. The number of nitrogens with zero attached hydrogens (tertiary/aromatic N) is 1. The van der Waals surface area contributed by atoms with Gasteiger partial charge in [0.25, 0.3) is 0 Å². The minimum Gasteiger partial charge on any atom is -0.356 e. The van der Waals surface area contributed by atoms with E-state index < -0.39 is 0 Å². The van der Waals surface area contributed by atoms with Crippen molar-refractivity contribution in [2.75, 3.05) is 6.54 Å². The zero-order valence-electron chi connectivity index (χ0n) is 12.8. The van der Waals surface area contributed by atoms with Crippen LogP contribution in [0.15, 0.2) is 30.5 Å². The van der Waals surface area contributed by atoms with Crippen molar-refractivity contribution in [3.63, 3.8) is 0 Å². The zero-order chi connectivity index (χ0) is 15.4. The fraction of sp³-hybridized carbons (Fsp3) is 0.412. The van der Waals surface area contributed by atoms with Gasteiger partial charge in [-0.05, 0) is 23.1 Å². The SMILES string of the molecule is CC(=O)N1C=Cc2ccccc2[C@H]1CC(=O)NCC(C)C. The molecule has 1 heterocycles. The van der Waals surface area contributed by atoms with Crippen molar-refractivity contribution in [3.8, 4) is 0 Å². The Kier molecular flexibility index (Phi) is 4.78. The summed E-state index contributed by atoms with van der Waals surface area (Å²) in [6, 6.07) is 7.66. The van der Waals surface area contributed by atoms with Crippen molar-refractivity contribution in [1.82, 2.24) is 10.2 Å². The maximum Gasteiger partial charge on any atom is 0.223 e. The highest BCUT2D eigenvalue weighted by Crippen LogP contribution is 2.32. The fourth-order valence-electron chi connectivity index (χ4n) is 2.48. The van der Waals surface area contributed by atoms with E-state index in [1.807, 2.05) is 30.3 Å². The number of fused-ring (bicyclic) bond motifs is 1. The molecule has 0 unspecified atom stereocenters. The minimum absolute atomic E-state index is 0.0231. The van der Waals surface area contributed by atoms with E-state index in [-0.39, 0.29) is 24.3 Å². The van der Waals surface area contributed by atoms with Crippen LogP contribution < -0.4 is 5.32 Å². The number of benzene rings is 1. The normalized spacial score (nSPS) is 16.8. The predicted octanol–water partition coefficient (Wildman–Crippen LogP) is 2.72. The predicted molar refractivity (Wildman–Crippen MR) is 83.2 cm³/mol. The van der Waals surface area contributed by atoms with E-state index in [1.54, 1.807) is 11.1 Å². The second kappa shape index (κ2) is 6.57. The summed E-state index contributed by atoms with van der Waals surface area (Å²) in [5, 5.41) is 2.92. The van der Waals surface area contributed by atoms with E-state index >= 15 is 0 Å². The van der Waals surface area contributed by atoms with Gasteiger partial charge in [0.2, 0.25) is 11.8 Å². The topological polar surface area (TPSA) is 49.4 Å². The first kappa shape index (κ1) is 15.3. The van der Waals surface area contributed by atoms with Gasteiger partial charge in [0, 0.05) is 19.7 Å². The number of nitrogens with one attached hydrogen (secondary N) is 1. The number of hydrogen-bond acceptors (Lipinski definition) is 2. The molecular formula is C17H22N2O2. The van der Waals surface area contributed by atoms with Gasteiger partial charge >= 0.3 is 0 Å². The molecule has 1 N–H and O–H groups in total. The van der Waals surface area contributed by atoms with Gasteiger partial charge < -0.3 is 10.2 Å². The Labute approximate surface area is 125 Å². The van der Waals surface area contributed by atoms with Gasteiger partial charge in [0.05, 0.1) is 12.5 Å². The molecule has 1 aromatic rings. The lowest BCUT2D eigenvalue weighted by Gasteiger charge is -2.32. The van der Waals surface area contributed by atoms with Gasteiger partial charge in [-0.1, -0.05) is 38.1 Å². The lowest BCUT2D eigenvalue weighted by Crippen LogP contribution is -2.36. The van der Waals surface area contributed by atoms with Crippen molar-refractivity contribution >= 4 is 17.9 Å². The number of carbonyl (C=O) groups excluding carboxylic acids is 2. The molecular weight excluding hydrogens is 264 g/mol. The van der Waals surface area contributed by atoms with Crippen molar-refractivity contribution in [2.24, 2.45) is 5.92 Å². The molecule has 0 aliphatic carbocycles. The van der Waals surface area contributed by atoms with Gasteiger partial charge in [0.1, 0.15) is 0 Å². The minimum atomic E-state index is -0.226.